The number of benzene rings is 1. The van der Waals surface area contributed by atoms with Crippen LogP contribution in [0.1, 0.15) is 44.1 Å². The Morgan fingerprint density at radius 1 is 1.33 bits per heavy atom. The Hall–Kier alpha value is -1.77. The molecule has 0 amide bonds. The van der Waals surface area contributed by atoms with Crippen LogP contribution >= 0.6 is 0 Å². The number of furan rings is 1. The van der Waals surface area contributed by atoms with E-state index in [1.807, 2.05) is 39.0 Å². The molecular formula is C15H22O3. The normalized spacial score (nSPS) is 9.11. The molecule has 1 aromatic carbocycles. The molecule has 0 aliphatic rings. The predicted molar refractivity (Wildman–Crippen MR) is 75.0 cm³/mol. The Morgan fingerprint density at radius 3 is 2.61 bits per heavy atom. The van der Waals surface area contributed by atoms with E-state index in [-0.39, 0.29) is 13.4 Å². The number of carbonyl (C=O) groups excluding carboxylic acids is 1. The van der Waals surface area contributed by atoms with Crippen molar-refractivity contribution < 1.29 is 13.9 Å². The first-order valence-electron chi connectivity index (χ1n) is 5.88. The molecule has 0 N–H and O–H groups in total. The third-order valence-corrected chi connectivity index (χ3v) is 2.29. The minimum Gasteiger partial charge on any atom is -0.463 e. The van der Waals surface area contributed by atoms with Gasteiger partial charge in [0, 0.05) is 5.39 Å². The molecule has 0 aliphatic carbocycles. The van der Waals surface area contributed by atoms with Crippen LogP contribution in [0.15, 0.2) is 28.9 Å². The number of para-hydroxylation sites is 1. The molecule has 0 saturated carbocycles. The highest BCUT2D eigenvalue weighted by Gasteiger charge is 2.15. The van der Waals surface area contributed by atoms with E-state index in [2.05, 4.69) is 0 Å². The second-order valence-electron chi connectivity index (χ2n) is 3.32. The fourth-order valence-corrected chi connectivity index (χ4v) is 1.57. The van der Waals surface area contributed by atoms with Crippen molar-refractivity contribution in [2.24, 2.45) is 0 Å². The van der Waals surface area contributed by atoms with Crippen molar-refractivity contribution in [3.8, 4) is 0 Å². The topological polar surface area (TPSA) is 39.4 Å². The monoisotopic (exact) mass is 250 g/mol. The van der Waals surface area contributed by atoms with Gasteiger partial charge in [0.1, 0.15) is 17.4 Å². The average molecular weight is 250 g/mol. The summed E-state index contributed by atoms with van der Waals surface area (Å²) in [5.41, 5.74) is 2.26. The number of aryl methyl sites for hydroxylation is 1. The number of hydrogen-bond donors (Lipinski definition) is 0. The van der Waals surface area contributed by atoms with E-state index in [4.69, 9.17) is 9.15 Å². The number of hydrogen-bond acceptors (Lipinski definition) is 3. The van der Waals surface area contributed by atoms with Crippen LogP contribution in [-0.2, 0) is 4.74 Å². The van der Waals surface area contributed by atoms with Gasteiger partial charge in [-0.05, 0) is 19.4 Å². The predicted octanol–water partition coefficient (Wildman–Crippen LogP) is 4.58. The lowest BCUT2D eigenvalue weighted by atomic mass is 10.1. The van der Waals surface area contributed by atoms with Crippen molar-refractivity contribution in [1.29, 1.82) is 0 Å². The molecular weight excluding hydrogens is 228 g/mol. The molecule has 2 rings (SSSR count). The lowest BCUT2D eigenvalue weighted by Crippen LogP contribution is -2.03. The van der Waals surface area contributed by atoms with Gasteiger partial charge in [0.25, 0.3) is 0 Å². The molecule has 0 bridgehead atoms. The molecule has 0 unspecified atom stereocenters. The van der Waals surface area contributed by atoms with Gasteiger partial charge in [-0.1, -0.05) is 39.5 Å². The van der Waals surface area contributed by atoms with Gasteiger partial charge in [0.05, 0.1) is 6.61 Å². The summed E-state index contributed by atoms with van der Waals surface area (Å²) in [6, 6.07) is 5.70. The van der Waals surface area contributed by atoms with E-state index < -0.39 is 0 Å². The first-order valence-corrected chi connectivity index (χ1v) is 5.88. The van der Waals surface area contributed by atoms with Gasteiger partial charge in [-0.25, -0.2) is 4.79 Å². The number of rotatable bonds is 2. The summed E-state index contributed by atoms with van der Waals surface area (Å²) in [5.74, 6) is -0.332. The standard InChI is InChI=1S/C12H12O3.C2H6.CH4/c1-3-14-12(13)10-7-15-11-8(2)5-4-6-9(10)11;1-2;/h4-7H,3H2,1-2H3;1-2H3;1H4. The van der Waals surface area contributed by atoms with Crippen LogP contribution in [0, 0.1) is 6.92 Å². The lowest BCUT2D eigenvalue weighted by molar-refractivity contribution is 0.0527. The lowest BCUT2D eigenvalue weighted by Gasteiger charge is -1.98. The number of esters is 1. The highest BCUT2D eigenvalue weighted by atomic mass is 16.5. The van der Waals surface area contributed by atoms with Crippen molar-refractivity contribution in [3.05, 3.63) is 35.6 Å². The van der Waals surface area contributed by atoms with Crippen molar-refractivity contribution in [2.75, 3.05) is 6.61 Å². The number of fused-ring (bicyclic) bond motifs is 1. The summed E-state index contributed by atoms with van der Waals surface area (Å²) < 4.78 is 10.3. The van der Waals surface area contributed by atoms with E-state index in [1.165, 1.54) is 6.26 Å². The smallest absolute Gasteiger partial charge is 0.342 e. The van der Waals surface area contributed by atoms with Gasteiger partial charge in [-0.3, -0.25) is 0 Å². The van der Waals surface area contributed by atoms with Crippen LogP contribution < -0.4 is 0 Å². The maximum atomic E-state index is 11.5. The van der Waals surface area contributed by atoms with E-state index in [1.54, 1.807) is 6.92 Å². The van der Waals surface area contributed by atoms with Gasteiger partial charge in [0.15, 0.2) is 0 Å². The maximum Gasteiger partial charge on any atom is 0.342 e. The summed E-state index contributed by atoms with van der Waals surface area (Å²) in [5, 5.41) is 0.813. The molecule has 0 saturated heterocycles. The van der Waals surface area contributed by atoms with Crippen LogP contribution in [0.3, 0.4) is 0 Å². The zero-order valence-electron chi connectivity index (χ0n) is 10.7. The summed E-state index contributed by atoms with van der Waals surface area (Å²) >= 11 is 0. The second kappa shape index (κ2) is 7.54. The van der Waals surface area contributed by atoms with E-state index in [9.17, 15) is 4.79 Å². The molecule has 18 heavy (non-hydrogen) atoms. The number of ether oxygens (including phenoxy) is 1. The summed E-state index contributed by atoms with van der Waals surface area (Å²) in [6.07, 6.45) is 1.45. The molecule has 0 fully saturated rings. The Kier molecular flexibility index (Phi) is 6.79. The van der Waals surface area contributed by atoms with Crippen LogP contribution in [0.25, 0.3) is 11.0 Å². The molecule has 1 aromatic heterocycles. The van der Waals surface area contributed by atoms with Crippen molar-refractivity contribution in [2.45, 2.75) is 35.1 Å². The van der Waals surface area contributed by atoms with Crippen molar-refractivity contribution in [3.63, 3.8) is 0 Å². The Bertz CT molecular complexity index is 497. The Morgan fingerprint density at radius 2 is 2.00 bits per heavy atom. The van der Waals surface area contributed by atoms with Crippen molar-refractivity contribution >= 4 is 16.9 Å². The zero-order chi connectivity index (χ0) is 12.8. The maximum absolute atomic E-state index is 11.5. The third kappa shape index (κ3) is 3.13. The quantitative estimate of drug-likeness (QED) is 0.732. The highest BCUT2D eigenvalue weighted by Crippen LogP contribution is 2.24. The summed E-state index contributed by atoms with van der Waals surface area (Å²) in [6.45, 7) is 8.10. The zero-order valence-corrected chi connectivity index (χ0v) is 10.7. The second-order valence-corrected chi connectivity index (χ2v) is 3.32. The van der Waals surface area contributed by atoms with Gasteiger partial charge in [-0.15, -0.1) is 0 Å². The summed E-state index contributed by atoms with van der Waals surface area (Å²) in [7, 11) is 0. The molecule has 2 aromatic rings. The first kappa shape index (κ1) is 16.2. The van der Waals surface area contributed by atoms with Crippen LogP contribution in [-0.4, -0.2) is 12.6 Å². The van der Waals surface area contributed by atoms with E-state index >= 15 is 0 Å². The van der Waals surface area contributed by atoms with Gasteiger partial charge in [0.2, 0.25) is 0 Å². The third-order valence-electron chi connectivity index (χ3n) is 2.29. The molecule has 0 spiro atoms. The largest absolute Gasteiger partial charge is 0.463 e. The Labute approximate surface area is 109 Å². The average Bonchev–Trinajstić information content (AvgIpc) is 2.77. The molecule has 100 valence electrons. The van der Waals surface area contributed by atoms with Gasteiger partial charge in [-0.2, -0.15) is 0 Å². The Balaban J connectivity index is 0.000000917. The minimum atomic E-state index is -0.332. The first-order chi connectivity index (χ1) is 8.24. The van der Waals surface area contributed by atoms with Crippen LogP contribution in [0.4, 0.5) is 0 Å². The molecule has 1 heterocycles. The molecule has 0 aliphatic heterocycles. The summed E-state index contributed by atoms with van der Waals surface area (Å²) in [4.78, 5) is 11.5. The molecule has 3 nitrogen and oxygen atoms in total. The van der Waals surface area contributed by atoms with Crippen molar-refractivity contribution in [1.82, 2.24) is 0 Å². The van der Waals surface area contributed by atoms with Gasteiger partial charge >= 0.3 is 5.97 Å². The minimum absolute atomic E-state index is 0. The fourth-order valence-electron chi connectivity index (χ4n) is 1.57. The van der Waals surface area contributed by atoms with E-state index in [0.717, 1.165) is 16.5 Å². The molecule has 3 heteroatoms. The highest BCUT2D eigenvalue weighted by molar-refractivity contribution is 6.03. The van der Waals surface area contributed by atoms with Gasteiger partial charge < -0.3 is 9.15 Å². The van der Waals surface area contributed by atoms with Crippen LogP contribution in [0.5, 0.6) is 0 Å². The fraction of sp³-hybridized carbons (Fsp3) is 0.400. The molecule has 0 atom stereocenters. The molecule has 0 radical (unpaired) electrons. The number of carbonyl (C=O) groups is 1. The SMILES string of the molecule is C.CC.CCOC(=O)c1coc2c(C)cccc12. The van der Waals surface area contributed by atoms with Crippen LogP contribution in [0.2, 0.25) is 0 Å². The van der Waals surface area contributed by atoms with E-state index in [0.29, 0.717) is 12.2 Å².